The lowest BCUT2D eigenvalue weighted by Gasteiger charge is -1.91. The summed E-state index contributed by atoms with van der Waals surface area (Å²) in [6.45, 7) is 3.96. The number of aliphatic hydroxyl groups is 2. The van der Waals surface area contributed by atoms with E-state index in [1.165, 1.54) is 11.1 Å². The van der Waals surface area contributed by atoms with E-state index in [-0.39, 0.29) is 13.2 Å². The van der Waals surface area contributed by atoms with Gasteiger partial charge in [0.15, 0.2) is 0 Å². The molecule has 78 valence electrons. The molecule has 1 aromatic rings. The highest BCUT2D eigenvalue weighted by Gasteiger charge is 1.82. The third-order valence-corrected chi connectivity index (χ3v) is 1.35. The molecule has 0 saturated heterocycles. The summed E-state index contributed by atoms with van der Waals surface area (Å²) >= 11 is 0. The van der Waals surface area contributed by atoms with Crippen LogP contribution in [-0.4, -0.2) is 23.4 Å². The summed E-state index contributed by atoms with van der Waals surface area (Å²) in [5.74, 6) is 0. The van der Waals surface area contributed by atoms with E-state index in [4.69, 9.17) is 10.2 Å². The average Bonchev–Trinajstić information content (AvgIpc) is 2.19. The summed E-state index contributed by atoms with van der Waals surface area (Å²) in [5, 5.41) is 15.2. The summed E-state index contributed by atoms with van der Waals surface area (Å²) < 4.78 is 0. The van der Waals surface area contributed by atoms with E-state index < -0.39 is 0 Å². The summed E-state index contributed by atoms with van der Waals surface area (Å²) in [7, 11) is 0. The Labute approximate surface area is 85.5 Å². The van der Waals surface area contributed by atoms with Gasteiger partial charge < -0.3 is 10.2 Å². The van der Waals surface area contributed by atoms with Crippen molar-refractivity contribution in [2.75, 3.05) is 13.2 Å². The second-order valence-corrected chi connectivity index (χ2v) is 3.08. The van der Waals surface area contributed by atoms with Crippen molar-refractivity contribution in [1.29, 1.82) is 0 Å². The molecule has 0 spiro atoms. The van der Waals surface area contributed by atoms with E-state index in [0.29, 0.717) is 0 Å². The van der Waals surface area contributed by atoms with Crippen molar-refractivity contribution in [3.63, 3.8) is 0 Å². The van der Waals surface area contributed by atoms with Crippen LogP contribution in [0.1, 0.15) is 19.4 Å². The Morgan fingerprint density at radius 3 is 1.93 bits per heavy atom. The van der Waals surface area contributed by atoms with Gasteiger partial charge in [0.1, 0.15) is 0 Å². The first-order chi connectivity index (χ1) is 6.70. The molecule has 0 aliphatic rings. The Bertz CT molecular complexity index is 246. The standard InChI is InChI=1S/C10H12.C2H6O2/c1-9(2)8-10-6-4-3-5-7-10;3-1-2-4/h3-8H,1-2H3;3-4H,1-2H2. The monoisotopic (exact) mass is 194 g/mol. The molecular formula is C12H18O2. The van der Waals surface area contributed by atoms with E-state index in [2.05, 4.69) is 44.2 Å². The molecule has 14 heavy (non-hydrogen) atoms. The van der Waals surface area contributed by atoms with Crippen molar-refractivity contribution >= 4 is 6.08 Å². The SMILES string of the molecule is CC(C)=Cc1ccccc1.OCCO. The predicted octanol–water partition coefficient (Wildman–Crippen LogP) is 2.08. The second kappa shape index (κ2) is 8.48. The normalized spacial score (nSPS) is 8.57. The third-order valence-electron chi connectivity index (χ3n) is 1.35. The number of hydrogen-bond donors (Lipinski definition) is 2. The van der Waals surface area contributed by atoms with Crippen LogP contribution in [0.2, 0.25) is 0 Å². The van der Waals surface area contributed by atoms with Crippen LogP contribution in [0.5, 0.6) is 0 Å². The molecular weight excluding hydrogens is 176 g/mol. The fraction of sp³-hybridized carbons (Fsp3) is 0.333. The maximum Gasteiger partial charge on any atom is 0.0662 e. The number of allylic oxidation sites excluding steroid dienone is 1. The van der Waals surface area contributed by atoms with Crippen LogP contribution >= 0.6 is 0 Å². The van der Waals surface area contributed by atoms with E-state index in [0.717, 1.165) is 0 Å². The molecule has 1 rings (SSSR count). The van der Waals surface area contributed by atoms with Gasteiger partial charge in [0.2, 0.25) is 0 Å². The van der Waals surface area contributed by atoms with Crippen molar-refractivity contribution in [2.45, 2.75) is 13.8 Å². The van der Waals surface area contributed by atoms with Crippen molar-refractivity contribution in [1.82, 2.24) is 0 Å². The minimum atomic E-state index is -0.125. The number of benzene rings is 1. The molecule has 0 atom stereocenters. The van der Waals surface area contributed by atoms with E-state index in [1.807, 2.05) is 6.07 Å². The van der Waals surface area contributed by atoms with Gasteiger partial charge in [-0.15, -0.1) is 0 Å². The molecule has 1 aromatic carbocycles. The lowest BCUT2D eigenvalue weighted by atomic mass is 10.2. The summed E-state index contributed by atoms with van der Waals surface area (Å²) in [6, 6.07) is 10.3. The molecule has 0 saturated carbocycles. The van der Waals surface area contributed by atoms with Crippen LogP contribution in [0.15, 0.2) is 35.9 Å². The van der Waals surface area contributed by atoms with Gasteiger partial charge in [-0.05, 0) is 19.4 Å². The molecule has 0 bridgehead atoms. The van der Waals surface area contributed by atoms with Gasteiger partial charge in [-0.1, -0.05) is 42.0 Å². The van der Waals surface area contributed by atoms with E-state index >= 15 is 0 Å². The Hall–Kier alpha value is -1.12. The van der Waals surface area contributed by atoms with Gasteiger partial charge in [0.25, 0.3) is 0 Å². The number of hydrogen-bond acceptors (Lipinski definition) is 2. The summed E-state index contributed by atoms with van der Waals surface area (Å²) in [4.78, 5) is 0. The van der Waals surface area contributed by atoms with Crippen LogP contribution < -0.4 is 0 Å². The highest BCUT2D eigenvalue weighted by Crippen LogP contribution is 2.04. The summed E-state index contributed by atoms with van der Waals surface area (Å²) in [5.41, 5.74) is 2.62. The zero-order chi connectivity index (χ0) is 10.8. The number of aliphatic hydroxyl groups excluding tert-OH is 2. The molecule has 0 aromatic heterocycles. The molecule has 0 radical (unpaired) electrons. The Balaban J connectivity index is 0.000000364. The van der Waals surface area contributed by atoms with Crippen LogP contribution in [-0.2, 0) is 0 Å². The highest BCUT2D eigenvalue weighted by atomic mass is 16.3. The maximum atomic E-state index is 7.62. The van der Waals surface area contributed by atoms with Crippen molar-refractivity contribution in [3.05, 3.63) is 41.5 Å². The topological polar surface area (TPSA) is 40.5 Å². The van der Waals surface area contributed by atoms with E-state index in [9.17, 15) is 0 Å². The van der Waals surface area contributed by atoms with Gasteiger partial charge in [0.05, 0.1) is 13.2 Å². The predicted molar refractivity (Wildman–Crippen MR) is 59.9 cm³/mol. The first kappa shape index (κ1) is 12.9. The molecule has 2 nitrogen and oxygen atoms in total. The third kappa shape index (κ3) is 7.53. The Kier molecular flexibility index (Phi) is 7.80. The smallest absolute Gasteiger partial charge is 0.0662 e. The lowest BCUT2D eigenvalue weighted by molar-refractivity contribution is 0.186. The molecule has 2 heteroatoms. The minimum absolute atomic E-state index is 0.125. The van der Waals surface area contributed by atoms with Crippen molar-refractivity contribution in [3.8, 4) is 0 Å². The van der Waals surface area contributed by atoms with E-state index in [1.54, 1.807) is 0 Å². The first-order valence-electron chi connectivity index (χ1n) is 4.62. The van der Waals surface area contributed by atoms with Crippen LogP contribution in [0.3, 0.4) is 0 Å². The van der Waals surface area contributed by atoms with Crippen molar-refractivity contribution in [2.24, 2.45) is 0 Å². The minimum Gasteiger partial charge on any atom is -0.394 e. The van der Waals surface area contributed by atoms with Gasteiger partial charge in [0, 0.05) is 0 Å². The van der Waals surface area contributed by atoms with Gasteiger partial charge in [-0.2, -0.15) is 0 Å². The highest BCUT2D eigenvalue weighted by molar-refractivity contribution is 5.51. The molecule has 0 aliphatic heterocycles. The fourth-order valence-electron chi connectivity index (χ4n) is 0.883. The quantitative estimate of drug-likeness (QED) is 0.756. The molecule has 2 N–H and O–H groups in total. The zero-order valence-electron chi connectivity index (χ0n) is 8.77. The van der Waals surface area contributed by atoms with Gasteiger partial charge in [-0.25, -0.2) is 0 Å². The zero-order valence-corrected chi connectivity index (χ0v) is 8.77. The molecule has 0 aliphatic carbocycles. The number of rotatable bonds is 2. The maximum absolute atomic E-state index is 7.62. The summed E-state index contributed by atoms with van der Waals surface area (Å²) in [6.07, 6.45) is 2.17. The Morgan fingerprint density at radius 1 is 1.07 bits per heavy atom. The molecule has 0 fully saturated rings. The Morgan fingerprint density at radius 2 is 1.57 bits per heavy atom. The fourth-order valence-corrected chi connectivity index (χ4v) is 0.883. The first-order valence-corrected chi connectivity index (χ1v) is 4.62. The van der Waals surface area contributed by atoms with Gasteiger partial charge >= 0.3 is 0 Å². The van der Waals surface area contributed by atoms with Crippen LogP contribution in [0, 0.1) is 0 Å². The van der Waals surface area contributed by atoms with Gasteiger partial charge in [-0.3, -0.25) is 0 Å². The average molecular weight is 194 g/mol. The molecule has 0 unspecified atom stereocenters. The van der Waals surface area contributed by atoms with Crippen molar-refractivity contribution < 1.29 is 10.2 Å². The second-order valence-electron chi connectivity index (χ2n) is 3.08. The lowest BCUT2D eigenvalue weighted by Crippen LogP contribution is -1.85. The molecule has 0 heterocycles. The van der Waals surface area contributed by atoms with Crippen LogP contribution in [0.25, 0.3) is 6.08 Å². The molecule has 0 amide bonds. The largest absolute Gasteiger partial charge is 0.394 e. The van der Waals surface area contributed by atoms with Crippen LogP contribution in [0.4, 0.5) is 0 Å².